The molecule has 2 N–H and O–H groups in total. The topological polar surface area (TPSA) is 66.6 Å². The van der Waals surface area contributed by atoms with E-state index in [1.54, 1.807) is 4.90 Å². The van der Waals surface area contributed by atoms with Crippen LogP contribution in [0.5, 0.6) is 0 Å². The largest absolute Gasteiger partial charge is 0.370 e. The van der Waals surface area contributed by atoms with Crippen LogP contribution in [0.25, 0.3) is 0 Å². The fraction of sp³-hybridized carbons (Fsp3) is 0.300. The van der Waals surface area contributed by atoms with E-state index >= 15 is 0 Å². The lowest BCUT2D eigenvalue weighted by molar-refractivity contribution is -0.120. The Hall–Kier alpha value is -2.66. The van der Waals surface area contributed by atoms with Crippen molar-refractivity contribution in [3.8, 4) is 0 Å². The van der Waals surface area contributed by atoms with Crippen LogP contribution in [0.2, 0.25) is 0 Å². The van der Waals surface area contributed by atoms with Gasteiger partial charge in [-0.25, -0.2) is 0 Å². The second-order valence-electron chi connectivity index (χ2n) is 6.33. The van der Waals surface area contributed by atoms with Crippen LogP contribution < -0.4 is 10.6 Å². The number of hydrogen-bond acceptors (Lipinski definition) is 3. The quantitative estimate of drug-likeness (QED) is 0.876. The summed E-state index contributed by atoms with van der Waals surface area (Å²) in [6, 6.07) is 17.8. The van der Waals surface area contributed by atoms with Crippen molar-refractivity contribution < 1.29 is 9.59 Å². The van der Waals surface area contributed by atoms with Crippen molar-refractivity contribution in [1.29, 1.82) is 0 Å². The molecule has 1 aliphatic heterocycles. The Labute approximate surface area is 148 Å². The number of nitrogens with two attached hydrogens (primary N) is 1. The number of amides is 2. The monoisotopic (exact) mass is 337 g/mol. The molecule has 130 valence electrons. The fourth-order valence-corrected chi connectivity index (χ4v) is 3.19. The van der Waals surface area contributed by atoms with E-state index in [-0.39, 0.29) is 12.3 Å². The van der Waals surface area contributed by atoms with E-state index in [1.807, 2.05) is 36.4 Å². The minimum Gasteiger partial charge on any atom is -0.370 e. The summed E-state index contributed by atoms with van der Waals surface area (Å²) in [6.07, 6.45) is 1.11. The molecule has 5 nitrogen and oxygen atoms in total. The molecule has 3 rings (SSSR count). The van der Waals surface area contributed by atoms with Gasteiger partial charge in [0.25, 0.3) is 0 Å². The average molecular weight is 337 g/mol. The van der Waals surface area contributed by atoms with Crippen LogP contribution in [-0.4, -0.2) is 36.3 Å². The van der Waals surface area contributed by atoms with E-state index in [9.17, 15) is 9.59 Å². The molecule has 1 aliphatic rings. The molecule has 0 bridgehead atoms. The number of primary amides is 1. The second kappa shape index (κ2) is 7.94. The number of nitrogens with zero attached hydrogens (tertiary/aromatic N) is 2. The summed E-state index contributed by atoms with van der Waals surface area (Å²) < 4.78 is 0. The van der Waals surface area contributed by atoms with Gasteiger partial charge in [0.2, 0.25) is 11.8 Å². The molecule has 0 saturated heterocycles. The Balaban J connectivity index is 1.69. The number of benzene rings is 2. The standard InChI is InChI=1S/C20H23N3O2/c21-19(24)11-13-23(18-8-2-1-3-9-18)20(25)15-22-12-10-16-6-4-5-7-17(16)14-22/h1-9H,10-15H2,(H2,21,24). The highest BCUT2D eigenvalue weighted by atomic mass is 16.2. The van der Waals surface area contributed by atoms with Gasteiger partial charge in [-0.1, -0.05) is 42.5 Å². The zero-order valence-electron chi connectivity index (χ0n) is 14.2. The molecule has 1 heterocycles. The number of hydrogen-bond donors (Lipinski definition) is 1. The highest BCUT2D eigenvalue weighted by molar-refractivity contribution is 5.95. The number of carbonyl (C=O) groups excluding carboxylic acids is 2. The number of para-hydroxylation sites is 1. The predicted octanol–water partition coefficient (Wildman–Crippen LogP) is 1.95. The van der Waals surface area contributed by atoms with Crippen LogP contribution in [-0.2, 0) is 22.6 Å². The van der Waals surface area contributed by atoms with E-state index < -0.39 is 5.91 Å². The smallest absolute Gasteiger partial charge is 0.241 e. The van der Waals surface area contributed by atoms with Gasteiger partial charge in [-0.05, 0) is 29.7 Å². The summed E-state index contributed by atoms with van der Waals surface area (Å²) in [5.74, 6) is -0.410. The molecule has 0 fully saturated rings. The molecule has 0 saturated carbocycles. The lowest BCUT2D eigenvalue weighted by Gasteiger charge is -2.31. The zero-order chi connectivity index (χ0) is 17.6. The van der Waals surface area contributed by atoms with Gasteiger partial charge < -0.3 is 10.6 Å². The molecular formula is C20H23N3O2. The number of anilines is 1. The predicted molar refractivity (Wildman–Crippen MR) is 98.0 cm³/mol. The number of rotatable bonds is 6. The first-order valence-corrected chi connectivity index (χ1v) is 8.56. The highest BCUT2D eigenvalue weighted by Crippen LogP contribution is 2.19. The van der Waals surface area contributed by atoms with Crippen molar-refractivity contribution >= 4 is 17.5 Å². The van der Waals surface area contributed by atoms with Crippen molar-refractivity contribution in [2.24, 2.45) is 5.73 Å². The van der Waals surface area contributed by atoms with Gasteiger partial charge in [-0.3, -0.25) is 14.5 Å². The zero-order valence-corrected chi connectivity index (χ0v) is 14.2. The Bertz CT molecular complexity index is 746. The third-order valence-electron chi connectivity index (χ3n) is 4.52. The van der Waals surface area contributed by atoms with Crippen molar-refractivity contribution in [2.45, 2.75) is 19.4 Å². The van der Waals surface area contributed by atoms with Crippen LogP contribution >= 0.6 is 0 Å². The van der Waals surface area contributed by atoms with Crippen molar-refractivity contribution in [3.63, 3.8) is 0 Å². The van der Waals surface area contributed by atoms with Gasteiger partial charge in [0.1, 0.15) is 0 Å². The van der Waals surface area contributed by atoms with Gasteiger partial charge in [0.05, 0.1) is 6.54 Å². The van der Waals surface area contributed by atoms with Crippen LogP contribution in [0, 0.1) is 0 Å². The average Bonchev–Trinajstić information content (AvgIpc) is 2.62. The molecule has 0 spiro atoms. The molecule has 5 heteroatoms. The third-order valence-corrected chi connectivity index (χ3v) is 4.52. The number of fused-ring (bicyclic) bond motifs is 1. The second-order valence-corrected chi connectivity index (χ2v) is 6.33. The summed E-state index contributed by atoms with van der Waals surface area (Å²) in [5.41, 5.74) is 8.71. The normalized spacial score (nSPS) is 13.9. The maximum atomic E-state index is 12.9. The van der Waals surface area contributed by atoms with Gasteiger partial charge in [-0.15, -0.1) is 0 Å². The molecule has 2 aromatic rings. The molecule has 0 aromatic heterocycles. The highest BCUT2D eigenvalue weighted by Gasteiger charge is 2.22. The van der Waals surface area contributed by atoms with E-state index in [4.69, 9.17) is 5.73 Å². The van der Waals surface area contributed by atoms with Gasteiger partial charge in [0, 0.05) is 31.7 Å². The van der Waals surface area contributed by atoms with Gasteiger partial charge in [-0.2, -0.15) is 0 Å². The Morgan fingerprint density at radius 1 is 1.00 bits per heavy atom. The maximum Gasteiger partial charge on any atom is 0.241 e. The minimum atomic E-state index is -0.402. The Morgan fingerprint density at radius 2 is 1.68 bits per heavy atom. The van der Waals surface area contributed by atoms with E-state index in [2.05, 4.69) is 23.1 Å². The van der Waals surface area contributed by atoms with Gasteiger partial charge >= 0.3 is 0 Å². The molecule has 0 radical (unpaired) electrons. The Morgan fingerprint density at radius 3 is 2.40 bits per heavy atom. The van der Waals surface area contributed by atoms with E-state index in [0.717, 1.165) is 25.2 Å². The molecule has 0 atom stereocenters. The summed E-state index contributed by atoms with van der Waals surface area (Å²) in [5, 5.41) is 0. The molecule has 0 unspecified atom stereocenters. The van der Waals surface area contributed by atoms with Crippen molar-refractivity contribution in [1.82, 2.24) is 4.90 Å². The maximum absolute atomic E-state index is 12.9. The third kappa shape index (κ3) is 4.45. The van der Waals surface area contributed by atoms with Crippen LogP contribution in [0.15, 0.2) is 54.6 Å². The van der Waals surface area contributed by atoms with Crippen molar-refractivity contribution in [3.05, 3.63) is 65.7 Å². The lowest BCUT2D eigenvalue weighted by Crippen LogP contribution is -2.43. The molecule has 2 amide bonds. The van der Waals surface area contributed by atoms with E-state index in [0.29, 0.717) is 13.1 Å². The lowest BCUT2D eigenvalue weighted by atomic mass is 10.00. The first-order valence-electron chi connectivity index (χ1n) is 8.56. The summed E-state index contributed by atoms with van der Waals surface area (Å²) in [6.45, 7) is 2.28. The Kier molecular flexibility index (Phi) is 5.46. The molecule has 2 aromatic carbocycles. The van der Waals surface area contributed by atoms with Crippen LogP contribution in [0.4, 0.5) is 5.69 Å². The molecular weight excluding hydrogens is 314 g/mol. The minimum absolute atomic E-state index is 0.00756. The van der Waals surface area contributed by atoms with Crippen LogP contribution in [0.3, 0.4) is 0 Å². The molecule has 0 aliphatic carbocycles. The summed E-state index contributed by atoms with van der Waals surface area (Å²) in [4.78, 5) is 27.8. The van der Waals surface area contributed by atoms with E-state index in [1.165, 1.54) is 11.1 Å². The van der Waals surface area contributed by atoms with Crippen molar-refractivity contribution in [2.75, 3.05) is 24.5 Å². The van der Waals surface area contributed by atoms with Gasteiger partial charge in [0.15, 0.2) is 0 Å². The summed E-state index contributed by atoms with van der Waals surface area (Å²) >= 11 is 0. The summed E-state index contributed by atoms with van der Waals surface area (Å²) in [7, 11) is 0. The number of carbonyl (C=O) groups is 2. The first-order chi connectivity index (χ1) is 12.1. The molecule has 25 heavy (non-hydrogen) atoms. The first kappa shape index (κ1) is 17.2. The SMILES string of the molecule is NC(=O)CCN(C(=O)CN1CCc2ccccc2C1)c1ccccc1. The fourth-order valence-electron chi connectivity index (χ4n) is 3.19. The van der Waals surface area contributed by atoms with Crippen LogP contribution in [0.1, 0.15) is 17.5 Å².